The minimum atomic E-state index is -4.47. The van der Waals surface area contributed by atoms with Crippen molar-refractivity contribution in [3.05, 3.63) is 64.7 Å². The van der Waals surface area contributed by atoms with Crippen molar-refractivity contribution in [2.75, 3.05) is 6.54 Å². The number of hydrogen-bond donors (Lipinski definition) is 3. The summed E-state index contributed by atoms with van der Waals surface area (Å²) in [6.07, 6.45) is -0.697. The molecule has 0 atom stereocenters. The number of rotatable bonds is 6. The molecule has 0 heterocycles. The zero-order valence-corrected chi connectivity index (χ0v) is 16.9. The third-order valence-corrected chi connectivity index (χ3v) is 5.64. The summed E-state index contributed by atoms with van der Waals surface area (Å²) in [7, 11) is 0. The molecule has 3 rings (SSSR count). The predicted octanol–water partition coefficient (Wildman–Crippen LogP) is 4.80. The lowest BCUT2D eigenvalue weighted by atomic mass is 9.86. The topological polar surface area (TPSA) is 61.4 Å². The highest BCUT2D eigenvalue weighted by Crippen LogP contribution is 2.31. The lowest BCUT2D eigenvalue weighted by molar-refractivity contribution is -0.137. The van der Waals surface area contributed by atoms with Crippen LogP contribution >= 0.6 is 0 Å². The zero-order valence-electron chi connectivity index (χ0n) is 16.9. The molecule has 0 aromatic heterocycles. The Labute approximate surface area is 174 Å². The Morgan fingerprint density at radius 1 is 1.10 bits per heavy atom. The normalized spacial score (nSPS) is 19.5. The first kappa shape index (κ1) is 22.2. The third-order valence-electron chi connectivity index (χ3n) is 5.64. The van der Waals surface area contributed by atoms with Crippen LogP contribution < -0.4 is 10.6 Å². The Kier molecular flexibility index (Phi) is 7.02. The third kappa shape index (κ3) is 5.98. The fraction of sp³-hybridized carbons (Fsp3) is 0.435. The largest absolute Gasteiger partial charge is 0.508 e. The fourth-order valence-electron chi connectivity index (χ4n) is 3.90. The number of nitrogens with one attached hydrogen (secondary N) is 2. The average Bonchev–Trinajstić information content (AvgIpc) is 2.71. The van der Waals surface area contributed by atoms with E-state index in [1.54, 1.807) is 19.1 Å². The van der Waals surface area contributed by atoms with E-state index in [1.165, 1.54) is 6.07 Å². The van der Waals surface area contributed by atoms with Crippen LogP contribution in [-0.4, -0.2) is 23.6 Å². The quantitative estimate of drug-likeness (QED) is 0.629. The Balaban J connectivity index is 1.45. The lowest BCUT2D eigenvalue weighted by Gasteiger charge is -2.29. The number of carbonyl (C=O) groups is 1. The van der Waals surface area contributed by atoms with E-state index in [4.69, 9.17) is 0 Å². The average molecular weight is 420 g/mol. The molecule has 7 heteroatoms. The van der Waals surface area contributed by atoms with Crippen molar-refractivity contribution in [1.29, 1.82) is 0 Å². The number of aromatic hydroxyl groups is 1. The molecule has 0 spiro atoms. The number of amides is 1. The monoisotopic (exact) mass is 420 g/mol. The van der Waals surface area contributed by atoms with Gasteiger partial charge in [-0.1, -0.05) is 18.2 Å². The first-order chi connectivity index (χ1) is 14.2. The van der Waals surface area contributed by atoms with Crippen molar-refractivity contribution in [3.63, 3.8) is 0 Å². The van der Waals surface area contributed by atoms with Crippen LogP contribution in [0.1, 0.15) is 52.7 Å². The van der Waals surface area contributed by atoms with E-state index in [0.717, 1.165) is 43.4 Å². The van der Waals surface area contributed by atoms with E-state index >= 15 is 0 Å². The summed E-state index contributed by atoms with van der Waals surface area (Å²) < 4.78 is 38.9. The Hall–Kier alpha value is -2.54. The lowest BCUT2D eigenvalue weighted by Crippen LogP contribution is -2.36. The standard InChI is InChI=1S/C23H27F3N2O2/c1-15-10-18(12-19(11-15)23(24,25)26)22(30)28-13-16-6-8-20(9-7-16)27-14-17-4-2-3-5-21(17)29/h2-5,10-12,16,20,27,29H,6-9,13-14H2,1H3,(H,28,30). The molecule has 30 heavy (non-hydrogen) atoms. The van der Waals surface area contributed by atoms with Crippen molar-refractivity contribution in [2.45, 2.75) is 51.4 Å². The molecule has 1 fully saturated rings. The second kappa shape index (κ2) is 9.51. The molecule has 1 saturated carbocycles. The van der Waals surface area contributed by atoms with Gasteiger partial charge in [0.05, 0.1) is 5.56 Å². The van der Waals surface area contributed by atoms with Crippen LogP contribution in [0.5, 0.6) is 5.75 Å². The molecule has 0 bridgehead atoms. The molecule has 1 aliphatic rings. The van der Waals surface area contributed by atoms with Crippen molar-refractivity contribution in [3.8, 4) is 5.75 Å². The molecule has 162 valence electrons. The second-order valence-electron chi connectivity index (χ2n) is 8.02. The van der Waals surface area contributed by atoms with Crippen LogP contribution in [-0.2, 0) is 12.7 Å². The summed E-state index contributed by atoms with van der Waals surface area (Å²) in [5, 5.41) is 16.1. The molecule has 2 aromatic carbocycles. The van der Waals surface area contributed by atoms with E-state index < -0.39 is 17.6 Å². The van der Waals surface area contributed by atoms with Crippen LogP contribution in [0.2, 0.25) is 0 Å². The first-order valence-electron chi connectivity index (χ1n) is 10.2. The van der Waals surface area contributed by atoms with Gasteiger partial charge < -0.3 is 15.7 Å². The maximum Gasteiger partial charge on any atom is 0.416 e. The molecule has 0 aliphatic heterocycles. The van der Waals surface area contributed by atoms with Crippen LogP contribution in [0.4, 0.5) is 13.2 Å². The summed E-state index contributed by atoms with van der Waals surface area (Å²) in [5.74, 6) is 0.124. The van der Waals surface area contributed by atoms with E-state index in [2.05, 4.69) is 10.6 Å². The van der Waals surface area contributed by atoms with Gasteiger partial charge in [0.2, 0.25) is 0 Å². The molecule has 1 amide bonds. The number of alkyl halides is 3. The van der Waals surface area contributed by atoms with Gasteiger partial charge in [-0.25, -0.2) is 0 Å². The molecule has 3 N–H and O–H groups in total. The van der Waals surface area contributed by atoms with Gasteiger partial charge in [-0.15, -0.1) is 0 Å². The molecule has 2 aromatic rings. The number of benzene rings is 2. The van der Waals surface area contributed by atoms with Gasteiger partial charge in [-0.3, -0.25) is 4.79 Å². The SMILES string of the molecule is Cc1cc(C(=O)NCC2CCC(NCc3ccccc3O)CC2)cc(C(F)(F)F)c1. The second-order valence-corrected chi connectivity index (χ2v) is 8.02. The minimum Gasteiger partial charge on any atom is -0.508 e. The number of aryl methyl sites for hydroxylation is 1. The van der Waals surface area contributed by atoms with Gasteiger partial charge in [0.15, 0.2) is 0 Å². The highest BCUT2D eigenvalue weighted by atomic mass is 19.4. The minimum absolute atomic E-state index is 0.0420. The van der Waals surface area contributed by atoms with Gasteiger partial charge in [0.25, 0.3) is 5.91 Å². The van der Waals surface area contributed by atoms with Crippen LogP contribution in [0.3, 0.4) is 0 Å². The maximum atomic E-state index is 13.0. The predicted molar refractivity (Wildman–Crippen MR) is 109 cm³/mol. The first-order valence-corrected chi connectivity index (χ1v) is 10.2. The maximum absolute atomic E-state index is 13.0. The van der Waals surface area contributed by atoms with Crippen LogP contribution in [0.15, 0.2) is 42.5 Å². The highest BCUT2D eigenvalue weighted by molar-refractivity contribution is 5.94. The number of hydrogen-bond acceptors (Lipinski definition) is 3. The van der Waals surface area contributed by atoms with E-state index in [1.807, 2.05) is 12.1 Å². The van der Waals surface area contributed by atoms with Crippen molar-refractivity contribution >= 4 is 5.91 Å². The summed E-state index contributed by atoms with van der Waals surface area (Å²) in [6, 6.07) is 11.0. The summed E-state index contributed by atoms with van der Waals surface area (Å²) in [6.45, 7) is 2.61. The Morgan fingerprint density at radius 2 is 1.80 bits per heavy atom. The van der Waals surface area contributed by atoms with Gasteiger partial charge in [0, 0.05) is 30.3 Å². The van der Waals surface area contributed by atoms with Crippen molar-refractivity contribution < 1.29 is 23.1 Å². The smallest absolute Gasteiger partial charge is 0.416 e. The molecular weight excluding hydrogens is 393 g/mol. The highest BCUT2D eigenvalue weighted by Gasteiger charge is 2.31. The van der Waals surface area contributed by atoms with E-state index in [9.17, 15) is 23.1 Å². The molecule has 1 aliphatic carbocycles. The van der Waals surface area contributed by atoms with Gasteiger partial charge in [0.1, 0.15) is 5.75 Å². The Morgan fingerprint density at radius 3 is 2.47 bits per heavy atom. The summed E-state index contributed by atoms with van der Waals surface area (Å²) in [5.41, 5.74) is 0.512. The zero-order chi connectivity index (χ0) is 21.7. The Bertz CT molecular complexity index is 875. The van der Waals surface area contributed by atoms with Crippen molar-refractivity contribution in [2.24, 2.45) is 5.92 Å². The van der Waals surface area contributed by atoms with Crippen LogP contribution in [0, 0.1) is 12.8 Å². The van der Waals surface area contributed by atoms with Crippen LogP contribution in [0.25, 0.3) is 0 Å². The number of phenolic OH excluding ortho intramolecular Hbond substituents is 1. The number of para-hydroxylation sites is 1. The molecule has 0 saturated heterocycles. The van der Waals surface area contributed by atoms with Crippen molar-refractivity contribution in [1.82, 2.24) is 10.6 Å². The number of carbonyl (C=O) groups excluding carboxylic acids is 1. The summed E-state index contributed by atoms with van der Waals surface area (Å²) in [4.78, 5) is 12.4. The molecule has 4 nitrogen and oxygen atoms in total. The molecule has 0 radical (unpaired) electrons. The molecule has 0 unspecified atom stereocenters. The van der Waals surface area contributed by atoms with Gasteiger partial charge in [-0.05, 0) is 68.4 Å². The fourth-order valence-corrected chi connectivity index (χ4v) is 3.90. The number of halogens is 3. The van der Waals surface area contributed by atoms with Gasteiger partial charge in [-0.2, -0.15) is 13.2 Å². The number of phenols is 1. The van der Waals surface area contributed by atoms with Gasteiger partial charge >= 0.3 is 6.18 Å². The van der Waals surface area contributed by atoms with E-state index in [-0.39, 0.29) is 11.3 Å². The summed E-state index contributed by atoms with van der Waals surface area (Å²) >= 11 is 0. The molecular formula is C23H27F3N2O2. The van der Waals surface area contributed by atoms with E-state index in [0.29, 0.717) is 30.6 Å².